The first-order valence-corrected chi connectivity index (χ1v) is 20.7. The van der Waals surface area contributed by atoms with Crippen molar-refractivity contribution in [1.82, 2.24) is 5.32 Å². The summed E-state index contributed by atoms with van der Waals surface area (Å²) in [5.41, 5.74) is 0. The summed E-state index contributed by atoms with van der Waals surface area (Å²) in [4.78, 5) is 17.0. The van der Waals surface area contributed by atoms with E-state index in [1.54, 1.807) is 0 Å². The van der Waals surface area contributed by atoms with Crippen molar-refractivity contribution in [2.75, 3.05) is 19.7 Å². The summed E-state index contributed by atoms with van der Waals surface area (Å²) < 4.78 is 5.60. The first-order chi connectivity index (χ1) is 22.3. The van der Waals surface area contributed by atoms with Gasteiger partial charge in [-0.1, -0.05) is 194 Å². The Labute approximate surface area is 282 Å². The van der Waals surface area contributed by atoms with Gasteiger partial charge in [0, 0.05) is 18.9 Å². The molecule has 0 radical (unpaired) electrons. The molecule has 0 aromatic rings. The summed E-state index contributed by atoms with van der Waals surface area (Å²) in [6.07, 6.45) is 43.8. The highest BCUT2D eigenvalue weighted by Crippen LogP contribution is 2.20. The van der Waals surface area contributed by atoms with Crippen LogP contribution in [0.3, 0.4) is 0 Å². The molecule has 266 valence electrons. The number of carbonyl (C=O) groups is 1. The van der Waals surface area contributed by atoms with Gasteiger partial charge < -0.3 is 10.1 Å². The summed E-state index contributed by atoms with van der Waals surface area (Å²) in [5, 5.41) is 3.52. The van der Waals surface area contributed by atoms with Crippen LogP contribution >= 0.6 is 0 Å². The number of hydrogen-bond acceptors (Lipinski definition) is 4. The van der Waals surface area contributed by atoms with Crippen LogP contribution in [-0.2, 0) is 9.53 Å². The fourth-order valence-corrected chi connectivity index (χ4v) is 6.92. The van der Waals surface area contributed by atoms with Crippen LogP contribution in [0, 0.1) is 5.92 Å². The second kappa shape index (κ2) is 34.3. The van der Waals surface area contributed by atoms with Gasteiger partial charge in [0.2, 0.25) is 0 Å². The highest BCUT2D eigenvalue weighted by molar-refractivity contribution is 5.85. The van der Waals surface area contributed by atoms with Crippen LogP contribution in [0.15, 0.2) is 4.99 Å². The molecule has 1 aliphatic rings. The van der Waals surface area contributed by atoms with E-state index >= 15 is 0 Å². The average Bonchev–Trinajstić information content (AvgIpc) is 3.59. The molecule has 0 fully saturated rings. The first kappa shape index (κ1) is 42.0. The first-order valence-electron chi connectivity index (χ1n) is 20.7. The number of carbonyl (C=O) groups excluding carboxylic acids is 1. The van der Waals surface area contributed by atoms with Gasteiger partial charge in [0.15, 0.2) is 0 Å². The monoisotopic (exact) mass is 633 g/mol. The zero-order chi connectivity index (χ0) is 32.3. The fraction of sp³-hybridized carbons (Fsp3) is 0.951. The number of unbranched alkanes of at least 4 members (excludes halogenated alkanes) is 27. The predicted octanol–water partition coefficient (Wildman–Crippen LogP) is 13.1. The zero-order valence-electron chi connectivity index (χ0n) is 30.8. The molecule has 1 heterocycles. The van der Waals surface area contributed by atoms with E-state index in [2.05, 4.69) is 19.2 Å². The van der Waals surface area contributed by atoms with E-state index < -0.39 is 0 Å². The molecule has 0 spiro atoms. The number of rotatable bonds is 36. The van der Waals surface area contributed by atoms with Crippen LogP contribution < -0.4 is 5.32 Å². The Morgan fingerprint density at radius 1 is 0.556 bits per heavy atom. The van der Waals surface area contributed by atoms with Crippen molar-refractivity contribution in [3.63, 3.8) is 0 Å². The predicted molar refractivity (Wildman–Crippen MR) is 198 cm³/mol. The lowest BCUT2D eigenvalue weighted by Gasteiger charge is -2.17. The SMILES string of the molecule is CCCCCCCCCCCCCCCCCC(=O)OCCCC(CCCCCCCCCCCCCCCC)C1=NCCN1. The lowest BCUT2D eigenvalue weighted by atomic mass is 9.94. The van der Waals surface area contributed by atoms with Gasteiger partial charge >= 0.3 is 5.97 Å². The molecule has 0 amide bonds. The van der Waals surface area contributed by atoms with Crippen molar-refractivity contribution < 1.29 is 9.53 Å². The molecule has 45 heavy (non-hydrogen) atoms. The molecule has 0 aliphatic carbocycles. The summed E-state index contributed by atoms with van der Waals surface area (Å²) >= 11 is 0. The zero-order valence-corrected chi connectivity index (χ0v) is 30.8. The van der Waals surface area contributed by atoms with E-state index in [9.17, 15) is 4.79 Å². The standard InChI is InChI=1S/C41H80N2O2/c1-3-5-7-9-11-13-15-17-19-21-23-25-27-29-31-35-40(44)45-38-32-34-39(41-42-36-37-43-41)33-30-28-26-24-22-20-18-16-14-12-10-8-6-4-2/h39H,3-38H2,1-2H3,(H,42,43). The lowest BCUT2D eigenvalue weighted by Crippen LogP contribution is -2.27. The highest BCUT2D eigenvalue weighted by atomic mass is 16.5. The average molecular weight is 633 g/mol. The van der Waals surface area contributed by atoms with Gasteiger partial charge in [-0.05, 0) is 25.7 Å². The Hall–Kier alpha value is -1.06. The Balaban J connectivity index is 1.93. The highest BCUT2D eigenvalue weighted by Gasteiger charge is 2.18. The van der Waals surface area contributed by atoms with E-state index in [0.717, 1.165) is 32.4 Å². The molecular weight excluding hydrogens is 552 g/mol. The quantitative estimate of drug-likeness (QED) is 0.0552. The van der Waals surface area contributed by atoms with Crippen molar-refractivity contribution in [3.8, 4) is 0 Å². The second-order valence-corrected chi connectivity index (χ2v) is 14.3. The van der Waals surface area contributed by atoms with Crippen LogP contribution in [0.25, 0.3) is 0 Å². The third kappa shape index (κ3) is 28.9. The van der Waals surface area contributed by atoms with Gasteiger partial charge in [-0.25, -0.2) is 0 Å². The smallest absolute Gasteiger partial charge is 0.305 e. The molecule has 1 atom stereocenters. The van der Waals surface area contributed by atoms with Crippen molar-refractivity contribution in [1.29, 1.82) is 0 Å². The van der Waals surface area contributed by atoms with Crippen molar-refractivity contribution >= 4 is 11.8 Å². The van der Waals surface area contributed by atoms with Crippen molar-refractivity contribution in [2.24, 2.45) is 10.9 Å². The van der Waals surface area contributed by atoms with Gasteiger partial charge in [-0.2, -0.15) is 0 Å². The summed E-state index contributed by atoms with van der Waals surface area (Å²) in [6.45, 7) is 7.05. The minimum Gasteiger partial charge on any atom is -0.466 e. The Morgan fingerprint density at radius 2 is 0.933 bits per heavy atom. The third-order valence-corrected chi connectivity index (χ3v) is 9.94. The molecule has 4 nitrogen and oxygen atoms in total. The topological polar surface area (TPSA) is 50.7 Å². The number of amidine groups is 1. The number of ether oxygens (including phenoxy) is 1. The van der Waals surface area contributed by atoms with E-state index in [4.69, 9.17) is 9.73 Å². The Morgan fingerprint density at radius 3 is 1.33 bits per heavy atom. The van der Waals surface area contributed by atoms with Gasteiger partial charge in [0.05, 0.1) is 19.0 Å². The van der Waals surface area contributed by atoms with Gasteiger partial charge in [-0.3, -0.25) is 9.79 Å². The van der Waals surface area contributed by atoms with Crippen molar-refractivity contribution in [2.45, 2.75) is 226 Å². The minimum atomic E-state index is 0.00421. The molecule has 0 aromatic heterocycles. The Bertz CT molecular complexity index is 649. The fourth-order valence-electron chi connectivity index (χ4n) is 6.92. The molecule has 1 unspecified atom stereocenters. The van der Waals surface area contributed by atoms with Crippen LogP contribution in [0.5, 0.6) is 0 Å². The van der Waals surface area contributed by atoms with Crippen LogP contribution in [0.2, 0.25) is 0 Å². The molecule has 0 saturated heterocycles. The lowest BCUT2D eigenvalue weighted by molar-refractivity contribution is -0.143. The molecule has 1 N–H and O–H groups in total. The molecular formula is C41H80N2O2. The van der Waals surface area contributed by atoms with Gasteiger partial charge in [0.25, 0.3) is 0 Å². The maximum absolute atomic E-state index is 12.2. The number of nitrogens with one attached hydrogen (secondary N) is 1. The van der Waals surface area contributed by atoms with E-state index in [-0.39, 0.29) is 5.97 Å². The van der Waals surface area contributed by atoms with E-state index in [1.807, 2.05) is 0 Å². The van der Waals surface area contributed by atoms with E-state index in [1.165, 1.54) is 192 Å². The molecule has 0 aromatic carbocycles. The molecule has 4 heteroatoms. The maximum atomic E-state index is 12.2. The molecule has 1 rings (SSSR count). The molecule has 1 aliphatic heterocycles. The van der Waals surface area contributed by atoms with Gasteiger partial charge in [-0.15, -0.1) is 0 Å². The largest absolute Gasteiger partial charge is 0.466 e. The second-order valence-electron chi connectivity index (χ2n) is 14.3. The number of hydrogen-bond donors (Lipinski definition) is 1. The van der Waals surface area contributed by atoms with Gasteiger partial charge in [0.1, 0.15) is 0 Å². The van der Waals surface area contributed by atoms with Crippen LogP contribution in [0.1, 0.15) is 226 Å². The van der Waals surface area contributed by atoms with Crippen molar-refractivity contribution in [3.05, 3.63) is 0 Å². The number of aliphatic imine (C=N–C) groups is 1. The summed E-state index contributed by atoms with van der Waals surface area (Å²) in [5.74, 6) is 1.73. The Kier molecular flexibility index (Phi) is 32.0. The summed E-state index contributed by atoms with van der Waals surface area (Å²) in [6, 6.07) is 0. The number of esters is 1. The molecule has 0 bridgehead atoms. The number of nitrogens with zero attached hydrogens (tertiary/aromatic N) is 1. The van der Waals surface area contributed by atoms with Crippen LogP contribution in [-0.4, -0.2) is 31.5 Å². The maximum Gasteiger partial charge on any atom is 0.305 e. The van der Waals surface area contributed by atoms with E-state index in [0.29, 0.717) is 18.9 Å². The minimum absolute atomic E-state index is 0.00421. The molecule has 0 saturated carbocycles. The third-order valence-electron chi connectivity index (χ3n) is 9.94. The normalized spacial score (nSPS) is 13.6. The van der Waals surface area contributed by atoms with Crippen LogP contribution in [0.4, 0.5) is 0 Å². The summed E-state index contributed by atoms with van der Waals surface area (Å²) in [7, 11) is 0.